The topological polar surface area (TPSA) is 12.9 Å². The normalized spacial score (nSPS) is 12.6. The van der Waals surface area contributed by atoms with Crippen LogP contribution in [0.3, 0.4) is 0 Å². The van der Waals surface area contributed by atoms with E-state index in [1.165, 1.54) is 83.5 Å². The third kappa shape index (κ3) is 6.35. The van der Waals surface area contributed by atoms with Crippen LogP contribution in [0.25, 0.3) is 100 Å². The second-order valence-electron chi connectivity index (χ2n) is 17.8. The van der Waals surface area contributed by atoms with Gasteiger partial charge in [-0.15, -0.1) is 0 Å². The number of aromatic nitrogens is 1. The van der Waals surface area contributed by atoms with Crippen molar-refractivity contribution in [3.05, 3.63) is 283 Å². The summed E-state index contributed by atoms with van der Waals surface area (Å²) in [6.07, 6.45) is 0. The lowest BCUT2D eigenvalue weighted by Crippen LogP contribution is -2.25. The van der Waals surface area contributed by atoms with Crippen LogP contribution in [-0.4, -0.2) is 4.98 Å². The Hall–Kier alpha value is -8.65. The molecule has 13 rings (SSSR count). The zero-order valence-corrected chi connectivity index (χ0v) is 36.8. The molecule has 2 aliphatic carbocycles. The highest BCUT2D eigenvalue weighted by Gasteiger charge is 2.51. The van der Waals surface area contributed by atoms with Crippen LogP contribution in [0.15, 0.2) is 261 Å². The number of pyridine rings is 1. The highest BCUT2D eigenvalue weighted by atomic mass is 14.7. The Morgan fingerprint density at radius 3 is 1.12 bits per heavy atom. The first-order valence-corrected chi connectivity index (χ1v) is 23.2. The van der Waals surface area contributed by atoms with Crippen LogP contribution in [0.2, 0.25) is 0 Å². The number of rotatable bonds is 7. The van der Waals surface area contributed by atoms with Gasteiger partial charge in [-0.1, -0.05) is 231 Å². The van der Waals surface area contributed by atoms with Crippen molar-refractivity contribution in [2.45, 2.75) is 5.41 Å². The van der Waals surface area contributed by atoms with E-state index in [1.807, 2.05) is 0 Å². The van der Waals surface area contributed by atoms with Gasteiger partial charge >= 0.3 is 0 Å². The summed E-state index contributed by atoms with van der Waals surface area (Å²) in [6.45, 7) is 0. The van der Waals surface area contributed by atoms with Crippen molar-refractivity contribution in [2.75, 3.05) is 0 Å². The van der Waals surface area contributed by atoms with Gasteiger partial charge in [0.05, 0.1) is 16.8 Å². The van der Waals surface area contributed by atoms with Crippen molar-refractivity contribution < 1.29 is 0 Å². The molecular weight excluding hydrogens is 807 g/mol. The van der Waals surface area contributed by atoms with E-state index in [4.69, 9.17) is 4.98 Å². The number of hydrogen-bond donors (Lipinski definition) is 0. The maximum atomic E-state index is 5.25. The maximum Gasteiger partial charge on any atom is 0.0725 e. The van der Waals surface area contributed by atoms with Crippen LogP contribution in [0.1, 0.15) is 22.3 Å². The van der Waals surface area contributed by atoms with Gasteiger partial charge < -0.3 is 0 Å². The molecular formula is C66H43N. The summed E-state index contributed by atoms with van der Waals surface area (Å²) in [5.41, 5.74) is 26.1. The van der Waals surface area contributed by atoms with Crippen LogP contribution < -0.4 is 0 Å². The minimum Gasteiger partial charge on any atom is -0.248 e. The maximum absolute atomic E-state index is 5.25. The molecule has 1 aromatic heterocycles. The number of fused-ring (bicyclic) bond motifs is 10. The fraction of sp³-hybridized carbons (Fsp3) is 0.0152. The van der Waals surface area contributed by atoms with E-state index in [0.29, 0.717) is 0 Å². The van der Waals surface area contributed by atoms with E-state index < -0.39 is 5.41 Å². The summed E-state index contributed by atoms with van der Waals surface area (Å²) >= 11 is 0. The van der Waals surface area contributed by atoms with Gasteiger partial charge in [0, 0.05) is 11.1 Å². The number of hydrogen-bond acceptors (Lipinski definition) is 1. The molecule has 0 saturated carbocycles. The van der Waals surface area contributed by atoms with Crippen LogP contribution in [0.5, 0.6) is 0 Å². The second kappa shape index (κ2) is 15.8. The third-order valence-electron chi connectivity index (χ3n) is 14.1. The lowest BCUT2D eigenvalue weighted by molar-refractivity contribution is 0.794. The molecule has 0 amide bonds. The molecule has 1 heterocycles. The monoisotopic (exact) mass is 849 g/mol. The highest BCUT2D eigenvalue weighted by Crippen LogP contribution is 2.63. The van der Waals surface area contributed by atoms with E-state index in [9.17, 15) is 0 Å². The molecule has 0 unspecified atom stereocenters. The Morgan fingerprint density at radius 2 is 0.567 bits per heavy atom. The minimum atomic E-state index is -0.434. The van der Waals surface area contributed by atoms with Gasteiger partial charge in [0.25, 0.3) is 0 Å². The van der Waals surface area contributed by atoms with Crippen molar-refractivity contribution in [1.82, 2.24) is 4.98 Å². The summed E-state index contributed by atoms with van der Waals surface area (Å²) < 4.78 is 0. The zero-order valence-electron chi connectivity index (χ0n) is 36.8. The largest absolute Gasteiger partial charge is 0.248 e. The Morgan fingerprint density at radius 1 is 0.194 bits per heavy atom. The van der Waals surface area contributed by atoms with Crippen LogP contribution in [0, 0.1) is 0 Å². The predicted molar refractivity (Wildman–Crippen MR) is 279 cm³/mol. The summed E-state index contributed by atoms with van der Waals surface area (Å²) in [4.78, 5) is 5.25. The smallest absolute Gasteiger partial charge is 0.0725 e. The van der Waals surface area contributed by atoms with Gasteiger partial charge in [0.2, 0.25) is 0 Å². The standard InChI is InChI=1S/C66H43N/c1-4-17-44(18-5-1)46-31-35-48(36-32-46)57-42-59-56-27-12-15-30-62(56)66(60-28-13-10-25-54(60)55-26-11-14-29-61(55)66)63(59)43-58(57)49-37-33-47(34-38-49)51-23-16-24-52(39-51)65-41-53(45-19-6-2-7-20-45)40-64(67-65)50-21-8-3-9-22-50/h1-43H. The first kappa shape index (κ1) is 38.8. The van der Waals surface area contributed by atoms with Gasteiger partial charge in [-0.25, -0.2) is 4.98 Å². The molecule has 11 aromatic rings. The quantitative estimate of drug-likeness (QED) is 0.156. The fourth-order valence-electron chi connectivity index (χ4n) is 11.0. The summed E-state index contributed by atoms with van der Waals surface area (Å²) in [5.74, 6) is 0. The van der Waals surface area contributed by atoms with E-state index in [1.54, 1.807) is 0 Å². The Balaban J connectivity index is 0.957. The molecule has 312 valence electrons. The van der Waals surface area contributed by atoms with E-state index >= 15 is 0 Å². The molecule has 0 aliphatic heterocycles. The molecule has 67 heavy (non-hydrogen) atoms. The molecule has 0 fully saturated rings. The highest BCUT2D eigenvalue weighted by molar-refractivity contribution is 5.99. The Bertz CT molecular complexity index is 3540. The van der Waals surface area contributed by atoms with Gasteiger partial charge in [0.15, 0.2) is 0 Å². The first-order chi connectivity index (χ1) is 33.2. The number of benzene rings is 10. The lowest BCUT2D eigenvalue weighted by atomic mass is 9.70. The Labute approximate surface area is 392 Å². The Kier molecular flexibility index (Phi) is 9.15. The van der Waals surface area contributed by atoms with Crippen LogP contribution >= 0.6 is 0 Å². The molecule has 10 aromatic carbocycles. The van der Waals surface area contributed by atoms with Crippen molar-refractivity contribution in [3.8, 4) is 100 Å². The summed E-state index contributed by atoms with van der Waals surface area (Å²) in [5, 5.41) is 0. The first-order valence-electron chi connectivity index (χ1n) is 23.2. The average Bonchev–Trinajstić information content (AvgIpc) is 3.88. The summed E-state index contributed by atoms with van der Waals surface area (Å²) in [7, 11) is 0. The molecule has 1 spiro atoms. The van der Waals surface area contributed by atoms with E-state index in [2.05, 4.69) is 261 Å². The van der Waals surface area contributed by atoms with Crippen molar-refractivity contribution in [2.24, 2.45) is 0 Å². The second-order valence-corrected chi connectivity index (χ2v) is 17.8. The van der Waals surface area contributed by atoms with Gasteiger partial charge in [0.1, 0.15) is 0 Å². The minimum absolute atomic E-state index is 0.434. The third-order valence-corrected chi connectivity index (χ3v) is 14.1. The molecule has 0 saturated heterocycles. The molecule has 0 atom stereocenters. The van der Waals surface area contributed by atoms with E-state index in [-0.39, 0.29) is 0 Å². The van der Waals surface area contributed by atoms with Crippen LogP contribution in [-0.2, 0) is 5.41 Å². The average molecular weight is 850 g/mol. The SMILES string of the molecule is c1ccc(-c2ccc(-c3cc4c(cc3-c3ccc(-c5cccc(-c6cc(-c7ccccc7)cc(-c7ccccc7)n6)c5)cc3)C3(c5ccccc5-c5ccccc53)c3ccccc3-4)cc2)cc1. The molecule has 1 heteroatoms. The van der Waals surface area contributed by atoms with Gasteiger partial charge in [-0.3, -0.25) is 0 Å². The molecule has 0 N–H and O–H groups in total. The van der Waals surface area contributed by atoms with Crippen molar-refractivity contribution in [3.63, 3.8) is 0 Å². The van der Waals surface area contributed by atoms with Gasteiger partial charge in [-0.2, -0.15) is 0 Å². The molecule has 1 nitrogen and oxygen atoms in total. The van der Waals surface area contributed by atoms with Crippen molar-refractivity contribution in [1.29, 1.82) is 0 Å². The summed E-state index contributed by atoms with van der Waals surface area (Å²) in [6, 6.07) is 95.5. The van der Waals surface area contributed by atoms with Gasteiger partial charge in [-0.05, 0) is 130 Å². The van der Waals surface area contributed by atoms with E-state index in [0.717, 1.165) is 39.2 Å². The molecule has 0 bridgehead atoms. The molecule has 2 aliphatic rings. The lowest BCUT2D eigenvalue weighted by Gasteiger charge is -2.31. The predicted octanol–water partition coefficient (Wildman–Crippen LogP) is 17.1. The number of nitrogens with zero attached hydrogens (tertiary/aromatic N) is 1. The zero-order chi connectivity index (χ0) is 44.3. The van der Waals surface area contributed by atoms with Crippen molar-refractivity contribution >= 4 is 0 Å². The molecule has 0 radical (unpaired) electrons. The fourth-order valence-corrected chi connectivity index (χ4v) is 11.0. The van der Waals surface area contributed by atoms with Crippen LogP contribution in [0.4, 0.5) is 0 Å².